The Morgan fingerprint density at radius 2 is 1.78 bits per heavy atom. The molecule has 6 nitrogen and oxygen atoms in total. The molecule has 2 rings (SSSR count). The Hall–Kier alpha value is -2.73. The molecule has 0 aliphatic carbocycles. The molecular weight excluding hydrogens is 342 g/mol. The molecule has 0 heterocycles. The second kappa shape index (κ2) is 10.4. The maximum absolute atomic E-state index is 11.0. The van der Waals surface area contributed by atoms with Crippen LogP contribution >= 0.6 is 0 Å². The Kier molecular flexibility index (Phi) is 7.95. The van der Waals surface area contributed by atoms with Gasteiger partial charge < -0.3 is 26.6 Å². The summed E-state index contributed by atoms with van der Waals surface area (Å²) in [4.78, 5) is 11.0. The molecule has 0 fully saturated rings. The number of rotatable bonds is 10. The number of aryl methyl sites for hydroxylation is 1. The zero-order chi connectivity index (χ0) is 19.6. The predicted octanol–water partition coefficient (Wildman–Crippen LogP) is 3.31. The standard InChI is InChI=1S/C21H29N3O3/c1-2-3-4-17-14-18(25)7-6-16(17)10-12-23-11-9-15-5-8-20(26)19(13-15)24-21(22)27/h5-8,13-14,23,25-26H,2-4,9-12H2,1H3,(H3,22,24,27). The van der Waals surface area contributed by atoms with Crippen LogP contribution in [0.5, 0.6) is 11.5 Å². The summed E-state index contributed by atoms with van der Waals surface area (Å²) in [5.74, 6) is 0.322. The molecule has 2 aromatic carbocycles. The van der Waals surface area contributed by atoms with E-state index >= 15 is 0 Å². The number of nitrogens with two attached hydrogens (primary N) is 1. The fourth-order valence-corrected chi connectivity index (χ4v) is 3.01. The molecule has 0 spiro atoms. The maximum Gasteiger partial charge on any atom is 0.316 e. The summed E-state index contributed by atoms with van der Waals surface area (Å²) in [6, 6.07) is 10.0. The van der Waals surface area contributed by atoms with Gasteiger partial charge in [0.15, 0.2) is 0 Å². The minimum absolute atomic E-state index is 0.00236. The Morgan fingerprint density at radius 3 is 2.52 bits per heavy atom. The van der Waals surface area contributed by atoms with Crippen LogP contribution < -0.4 is 16.4 Å². The van der Waals surface area contributed by atoms with Gasteiger partial charge in [0.05, 0.1) is 5.69 Å². The third kappa shape index (κ3) is 6.83. The Balaban J connectivity index is 1.82. The molecule has 0 aliphatic rings. The van der Waals surface area contributed by atoms with Crippen LogP contribution in [0.1, 0.15) is 36.5 Å². The molecule has 2 aromatic rings. The Labute approximate surface area is 160 Å². The molecule has 146 valence electrons. The first kappa shape index (κ1) is 20.6. The van der Waals surface area contributed by atoms with Crippen molar-refractivity contribution in [1.82, 2.24) is 5.32 Å². The summed E-state index contributed by atoms with van der Waals surface area (Å²) in [5, 5.41) is 25.3. The molecule has 6 heteroatoms. The first-order chi connectivity index (χ1) is 13.0. The van der Waals surface area contributed by atoms with Gasteiger partial charge in [0.1, 0.15) is 11.5 Å². The smallest absolute Gasteiger partial charge is 0.316 e. The highest BCUT2D eigenvalue weighted by Crippen LogP contribution is 2.24. The number of unbranched alkanes of at least 4 members (excludes halogenated alkanes) is 1. The number of aromatic hydroxyl groups is 2. The maximum atomic E-state index is 11.0. The second-order valence-corrected chi connectivity index (χ2v) is 6.65. The normalized spacial score (nSPS) is 10.7. The summed E-state index contributed by atoms with van der Waals surface area (Å²) < 4.78 is 0. The van der Waals surface area contributed by atoms with Crippen molar-refractivity contribution in [2.75, 3.05) is 18.4 Å². The molecule has 0 radical (unpaired) electrons. The fourth-order valence-electron chi connectivity index (χ4n) is 3.01. The van der Waals surface area contributed by atoms with Gasteiger partial charge in [-0.3, -0.25) is 0 Å². The van der Waals surface area contributed by atoms with Gasteiger partial charge in [0.25, 0.3) is 0 Å². The van der Waals surface area contributed by atoms with Crippen molar-refractivity contribution in [2.24, 2.45) is 5.73 Å². The number of amides is 2. The van der Waals surface area contributed by atoms with E-state index in [1.54, 1.807) is 18.2 Å². The minimum atomic E-state index is -0.701. The third-order valence-corrected chi connectivity index (χ3v) is 4.47. The number of phenolic OH excluding ortho intramolecular Hbond substituents is 2. The average molecular weight is 371 g/mol. The van der Waals surface area contributed by atoms with Gasteiger partial charge in [0.2, 0.25) is 0 Å². The number of urea groups is 1. The van der Waals surface area contributed by atoms with E-state index in [9.17, 15) is 15.0 Å². The van der Waals surface area contributed by atoms with Crippen LogP contribution in [-0.2, 0) is 19.3 Å². The lowest BCUT2D eigenvalue weighted by Crippen LogP contribution is -2.21. The van der Waals surface area contributed by atoms with Crippen LogP contribution in [0.3, 0.4) is 0 Å². The number of benzene rings is 2. The summed E-state index contributed by atoms with van der Waals surface area (Å²) in [5.41, 5.74) is 8.91. The molecule has 0 saturated carbocycles. The van der Waals surface area contributed by atoms with E-state index in [2.05, 4.69) is 17.6 Å². The highest BCUT2D eigenvalue weighted by atomic mass is 16.3. The summed E-state index contributed by atoms with van der Waals surface area (Å²) in [7, 11) is 0. The average Bonchev–Trinajstić information content (AvgIpc) is 2.63. The van der Waals surface area contributed by atoms with Gasteiger partial charge in [-0.25, -0.2) is 4.79 Å². The van der Waals surface area contributed by atoms with Crippen molar-refractivity contribution in [1.29, 1.82) is 0 Å². The molecule has 6 N–H and O–H groups in total. The second-order valence-electron chi connectivity index (χ2n) is 6.65. The number of hydrogen-bond donors (Lipinski definition) is 5. The molecule has 0 aliphatic heterocycles. The summed E-state index contributed by atoms with van der Waals surface area (Å²) in [6.07, 6.45) is 4.91. The van der Waals surface area contributed by atoms with E-state index in [1.807, 2.05) is 18.2 Å². The van der Waals surface area contributed by atoms with Crippen LogP contribution in [0.4, 0.5) is 10.5 Å². The van der Waals surface area contributed by atoms with Crippen molar-refractivity contribution < 1.29 is 15.0 Å². The van der Waals surface area contributed by atoms with E-state index < -0.39 is 6.03 Å². The van der Waals surface area contributed by atoms with Crippen LogP contribution in [0.15, 0.2) is 36.4 Å². The topological polar surface area (TPSA) is 108 Å². The van der Waals surface area contributed by atoms with Crippen molar-refractivity contribution in [3.8, 4) is 11.5 Å². The van der Waals surface area contributed by atoms with Crippen LogP contribution in [-0.4, -0.2) is 29.3 Å². The van der Waals surface area contributed by atoms with E-state index in [4.69, 9.17) is 5.73 Å². The number of carbonyl (C=O) groups excluding carboxylic acids is 1. The zero-order valence-corrected chi connectivity index (χ0v) is 15.8. The van der Waals surface area contributed by atoms with Crippen molar-refractivity contribution >= 4 is 11.7 Å². The number of anilines is 1. The van der Waals surface area contributed by atoms with Gasteiger partial charge in [-0.1, -0.05) is 25.5 Å². The Bertz CT molecular complexity index is 762. The molecule has 0 saturated heterocycles. The number of carbonyl (C=O) groups is 1. The van der Waals surface area contributed by atoms with Crippen LogP contribution in [0.2, 0.25) is 0 Å². The largest absolute Gasteiger partial charge is 0.508 e. The number of primary amides is 1. The number of nitrogens with one attached hydrogen (secondary N) is 2. The van der Waals surface area contributed by atoms with Gasteiger partial charge in [-0.05, 0) is 79.7 Å². The molecular formula is C21H29N3O3. The van der Waals surface area contributed by atoms with Crippen molar-refractivity contribution in [2.45, 2.75) is 39.0 Å². The highest BCUT2D eigenvalue weighted by Gasteiger charge is 2.06. The van der Waals surface area contributed by atoms with Crippen molar-refractivity contribution in [3.63, 3.8) is 0 Å². The molecule has 27 heavy (non-hydrogen) atoms. The lowest BCUT2D eigenvalue weighted by Gasteiger charge is -2.11. The summed E-state index contributed by atoms with van der Waals surface area (Å²) >= 11 is 0. The monoisotopic (exact) mass is 371 g/mol. The first-order valence-corrected chi connectivity index (χ1v) is 9.39. The quantitative estimate of drug-likeness (QED) is 0.326. The van der Waals surface area contributed by atoms with Crippen LogP contribution in [0, 0.1) is 0 Å². The molecule has 0 atom stereocenters. The fraction of sp³-hybridized carbons (Fsp3) is 0.381. The lowest BCUT2D eigenvalue weighted by atomic mass is 9.99. The van der Waals surface area contributed by atoms with E-state index in [-0.39, 0.29) is 5.75 Å². The summed E-state index contributed by atoms with van der Waals surface area (Å²) in [6.45, 7) is 3.79. The van der Waals surface area contributed by atoms with E-state index in [0.717, 1.165) is 50.8 Å². The number of phenols is 2. The third-order valence-electron chi connectivity index (χ3n) is 4.47. The zero-order valence-electron chi connectivity index (χ0n) is 15.8. The SMILES string of the molecule is CCCCc1cc(O)ccc1CCNCCc1ccc(O)c(NC(N)=O)c1. The van der Waals surface area contributed by atoms with Gasteiger partial charge in [0, 0.05) is 0 Å². The lowest BCUT2D eigenvalue weighted by molar-refractivity contribution is 0.259. The van der Waals surface area contributed by atoms with E-state index in [1.165, 1.54) is 11.1 Å². The predicted molar refractivity (Wildman–Crippen MR) is 108 cm³/mol. The molecule has 0 bridgehead atoms. The van der Waals surface area contributed by atoms with Crippen molar-refractivity contribution in [3.05, 3.63) is 53.1 Å². The van der Waals surface area contributed by atoms with E-state index in [0.29, 0.717) is 11.4 Å². The van der Waals surface area contributed by atoms with Gasteiger partial charge >= 0.3 is 6.03 Å². The number of hydrogen-bond acceptors (Lipinski definition) is 4. The van der Waals surface area contributed by atoms with Gasteiger partial charge in [-0.15, -0.1) is 0 Å². The van der Waals surface area contributed by atoms with Crippen LogP contribution in [0.25, 0.3) is 0 Å². The molecule has 0 aromatic heterocycles. The first-order valence-electron chi connectivity index (χ1n) is 9.39. The minimum Gasteiger partial charge on any atom is -0.508 e. The van der Waals surface area contributed by atoms with Gasteiger partial charge in [-0.2, -0.15) is 0 Å². The molecule has 2 amide bonds. The highest BCUT2D eigenvalue weighted by molar-refractivity contribution is 5.89. The molecule has 0 unspecified atom stereocenters. The Morgan fingerprint density at radius 1 is 1.00 bits per heavy atom.